The zero-order valence-electron chi connectivity index (χ0n) is 11.4. The van der Waals surface area contributed by atoms with Crippen LogP contribution in [-0.2, 0) is 4.79 Å². The molecule has 0 spiro atoms. The van der Waals surface area contributed by atoms with Crippen molar-refractivity contribution in [3.8, 4) is 0 Å². The Hall–Kier alpha value is -1.07. The van der Waals surface area contributed by atoms with Crippen LogP contribution in [0.25, 0.3) is 0 Å². The van der Waals surface area contributed by atoms with E-state index in [-0.39, 0.29) is 11.5 Å². The van der Waals surface area contributed by atoms with Gasteiger partial charge in [0.15, 0.2) is 0 Å². The van der Waals surface area contributed by atoms with E-state index < -0.39 is 17.9 Å². The molecule has 0 heterocycles. The molecule has 4 nitrogen and oxygen atoms in total. The lowest BCUT2D eigenvalue weighted by molar-refractivity contribution is -0.141. The van der Waals surface area contributed by atoms with Gasteiger partial charge in [0.05, 0.1) is 10.6 Å². The molecule has 1 amide bonds. The molecule has 0 bridgehead atoms. The Balaban J connectivity index is 2.14. The second-order valence-corrected chi connectivity index (χ2v) is 6.52. The minimum Gasteiger partial charge on any atom is -0.480 e. The summed E-state index contributed by atoms with van der Waals surface area (Å²) in [6.45, 7) is 0. The van der Waals surface area contributed by atoms with Gasteiger partial charge in [-0.1, -0.05) is 36.9 Å². The average Bonchev–Trinajstić information content (AvgIpc) is 2.48. The number of rotatable bonds is 4. The van der Waals surface area contributed by atoms with Crippen LogP contribution in [0.3, 0.4) is 0 Å². The first kappa shape index (κ1) is 16.3. The fourth-order valence-electron chi connectivity index (χ4n) is 2.75. The molecule has 1 aliphatic rings. The van der Waals surface area contributed by atoms with E-state index in [1.807, 2.05) is 0 Å². The van der Waals surface area contributed by atoms with E-state index in [0.29, 0.717) is 9.50 Å². The van der Waals surface area contributed by atoms with Crippen LogP contribution >= 0.6 is 27.5 Å². The highest BCUT2D eigenvalue weighted by Gasteiger charge is 2.31. The van der Waals surface area contributed by atoms with E-state index in [2.05, 4.69) is 21.2 Å². The number of nitrogens with one attached hydrogen (secondary N) is 1. The lowest BCUT2D eigenvalue weighted by atomic mass is 9.84. The van der Waals surface area contributed by atoms with Crippen LogP contribution in [-0.4, -0.2) is 23.0 Å². The van der Waals surface area contributed by atoms with E-state index in [0.717, 1.165) is 32.1 Å². The summed E-state index contributed by atoms with van der Waals surface area (Å²) in [5.41, 5.74) is 0.285. The maximum atomic E-state index is 12.3. The molecule has 0 saturated heterocycles. The monoisotopic (exact) mass is 373 g/mol. The Kier molecular flexibility index (Phi) is 5.65. The summed E-state index contributed by atoms with van der Waals surface area (Å²) >= 11 is 9.34. The predicted octanol–water partition coefficient (Wildman–Crippen LogP) is 3.87. The second kappa shape index (κ2) is 7.27. The third-order valence-corrected chi connectivity index (χ3v) is 5.17. The first-order valence-corrected chi connectivity index (χ1v) is 8.15. The number of carboxylic acid groups (broad SMARTS) is 1. The lowest BCUT2D eigenvalue weighted by Crippen LogP contribution is -2.46. The van der Waals surface area contributed by atoms with E-state index in [4.69, 9.17) is 11.6 Å². The molecular weight excluding hydrogens is 358 g/mol. The number of carboxylic acids is 1. The molecule has 0 aromatic heterocycles. The van der Waals surface area contributed by atoms with Gasteiger partial charge in [-0.3, -0.25) is 4.79 Å². The molecule has 114 valence electrons. The summed E-state index contributed by atoms with van der Waals surface area (Å²) < 4.78 is 0.612. The van der Waals surface area contributed by atoms with Crippen molar-refractivity contribution in [3.05, 3.63) is 33.3 Å². The van der Waals surface area contributed by atoms with Crippen LogP contribution in [0.15, 0.2) is 22.7 Å². The van der Waals surface area contributed by atoms with E-state index in [1.165, 1.54) is 0 Å². The summed E-state index contributed by atoms with van der Waals surface area (Å²) in [4.78, 5) is 23.8. The third-order valence-electron chi connectivity index (χ3n) is 3.87. The van der Waals surface area contributed by atoms with Crippen LogP contribution in [0.1, 0.15) is 42.5 Å². The quantitative estimate of drug-likeness (QED) is 0.841. The van der Waals surface area contributed by atoms with Gasteiger partial charge in [-0.05, 0) is 46.8 Å². The van der Waals surface area contributed by atoms with Crippen molar-refractivity contribution in [3.63, 3.8) is 0 Å². The first-order valence-electron chi connectivity index (χ1n) is 6.98. The number of amides is 1. The average molecular weight is 375 g/mol. The van der Waals surface area contributed by atoms with Crippen molar-refractivity contribution in [2.45, 2.75) is 38.1 Å². The van der Waals surface area contributed by atoms with Gasteiger partial charge in [-0.15, -0.1) is 0 Å². The van der Waals surface area contributed by atoms with Crippen molar-refractivity contribution in [2.75, 3.05) is 0 Å². The molecule has 1 unspecified atom stereocenters. The van der Waals surface area contributed by atoms with Gasteiger partial charge in [0.1, 0.15) is 6.04 Å². The normalized spacial score (nSPS) is 17.2. The van der Waals surface area contributed by atoms with E-state index in [1.54, 1.807) is 18.2 Å². The molecular formula is C15H17BrClNO3. The Labute approximate surface area is 137 Å². The minimum absolute atomic E-state index is 0.00821. The number of halogens is 2. The van der Waals surface area contributed by atoms with Crippen molar-refractivity contribution >= 4 is 39.4 Å². The second-order valence-electron chi connectivity index (χ2n) is 5.29. The molecule has 1 aliphatic carbocycles. The number of aliphatic carboxylic acids is 1. The number of hydrogen-bond donors (Lipinski definition) is 2. The van der Waals surface area contributed by atoms with Gasteiger partial charge < -0.3 is 10.4 Å². The summed E-state index contributed by atoms with van der Waals surface area (Å²) in [5.74, 6) is -1.44. The topological polar surface area (TPSA) is 66.4 Å². The lowest BCUT2D eigenvalue weighted by Gasteiger charge is -2.28. The zero-order chi connectivity index (χ0) is 15.4. The summed E-state index contributed by atoms with van der Waals surface area (Å²) in [7, 11) is 0. The van der Waals surface area contributed by atoms with Gasteiger partial charge in [0.2, 0.25) is 0 Å². The molecule has 1 aromatic carbocycles. The standard InChI is InChI=1S/C15H17BrClNO3/c16-11-8-4-7-10(12(11)17)14(19)18-13(15(20)21)9-5-2-1-3-6-9/h4,7-9,13H,1-3,5-6H2,(H,18,19)(H,20,21). The summed E-state index contributed by atoms with van der Waals surface area (Å²) in [6, 6.07) is 4.16. The molecule has 0 radical (unpaired) electrons. The molecule has 2 N–H and O–H groups in total. The SMILES string of the molecule is O=C(NC(C(=O)O)C1CCCCC1)c1cccc(Br)c1Cl. The summed E-state index contributed by atoms with van der Waals surface area (Å²) in [5, 5.41) is 12.3. The highest BCUT2D eigenvalue weighted by atomic mass is 79.9. The van der Waals surface area contributed by atoms with E-state index in [9.17, 15) is 14.7 Å². The van der Waals surface area contributed by atoms with Crippen molar-refractivity contribution in [1.29, 1.82) is 0 Å². The van der Waals surface area contributed by atoms with Crippen LogP contribution in [0, 0.1) is 5.92 Å². The molecule has 1 aromatic rings. The van der Waals surface area contributed by atoms with Gasteiger partial charge in [-0.2, -0.15) is 0 Å². The molecule has 0 aliphatic heterocycles. The van der Waals surface area contributed by atoms with Gasteiger partial charge >= 0.3 is 5.97 Å². The zero-order valence-corrected chi connectivity index (χ0v) is 13.8. The molecule has 1 fully saturated rings. The Bertz CT molecular complexity index is 544. The van der Waals surface area contributed by atoms with Crippen LogP contribution in [0.5, 0.6) is 0 Å². The van der Waals surface area contributed by atoms with Crippen molar-refractivity contribution in [1.82, 2.24) is 5.32 Å². The predicted molar refractivity (Wildman–Crippen MR) is 84.6 cm³/mol. The molecule has 6 heteroatoms. The first-order chi connectivity index (χ1) is 10.0. The van der Waals surface area contributed by atoms with Crippen molar-refractivity contribution in [2.24, 2.45) is 5.92 Å². The summed E-state index contributed by atoms with van der Waals surface area (Å²) in [6.07, 6.45) is 4.84. The Morgan fingerprint density at radius 2 is 1.95 bits per heavy atom. The van der Waals surface area contributed by atoms with Crippen LogP contribution in [0.4, 0.5) is 0 Å². The van der Waals surface area contributed by atoms with Gasteiger partial charge in [0, 0.05) is 4.47 Å². The number of carbonyl (C=O) groups excluding carboxylic acids is 1. The maximum absolute atomic E-state index is 12.3. The fraction of sp³-hybridized carbons (Fsp3) is 0.467. The number of carbonyl (C=O) groups is 2. The Morgan fingerprint density at radius 1 is 1.29 bits per heavy atom. The molecule has 1 saturated carbocycles. The largest absolute Gasteiger partial charge is 0.480 e. The van der Waals surface area contributed by atoms with Gasteiger partial charge in [-0.25, -0.2) is 4.79 Å². The van der Waals surface area contributed by atoms with Crippen LogP contribution in [0.2, 0.25) is 5.02 Å². The Morgan fingerprint density at radius 3 is 2.57 bits per heavy atom. The molecule has 21 heavy (non-hydrogen) atoms. The maximum Gasteiger partial charge on any atom is 0.326 e. The smallest absolute Gasteiger partial charge is 0.326 e. The van der Waals surface area contributed by atoms with Crippen LogP contribution < -0.4 is 5.32 Å². The highest BCUT2D eigenvalue weighted by molar-refractivity contribution is 9.10. The highest BCUT2D eigenvalue weighted by Crippen LogP contribution is 2.28. The van der Waals surface area contributed by atoms with Crippen molar-refractivity contribution < 1.29 is 14.7 Å². The molecule has 1 atom stereocenters. The number of benzene rings is 1. The fourth-order valence-corrected chi connectivity index (χ4v) is 3.32. The molecule has 2 rings (SSSR count). The van der Waals surface area contributed by atoms with Gasteiger partial charge in [0.25, 0.3) is 5.91 Å². The third kappa shape index (κ3) is 3.98. The van der Waals surface area contributed by atoms with E-state index >= 15 is 0 Å². The number of hydrogen-bond acceptors (Lipinski definition) is 2. The minimum atomic E-state index is -0.985.